The van der Waals surface area contributed by atoms with E-state index in [4.69, 9.17) is 14.2 Å². The Morgan fingerprint density at radius 2 is 1.81 bits per heavy atom. The third-order valence-electron chi connectivity index (χ3n) is 2.96. The summed E-state index contributed by atoms with van der Waals surface area (Å²) in [6, 6.07) is 0. The summed E-state index contributed by atoms with van der Waals surface area (Å²) < 4.78 is 14.7. The molecule has 0 saturated heterocycles. The largest absolute Gasteiger partial charge is 0.504 e. The highest BCUT2D eigenvalue weighted by atomic mass is 16.5. The van der Waals surface area contributed by atoms with E-state index in [1.807, 2.05) is 0 Å². The number of aromatic amines is 1. The average molecular weight is 291 g/mol. The molecule has 1 aliphatic carbocycles. The molecule has 0 atom stereocenters. The summed E-state index contributed by atoms with van der Waals surface area (Å²) in [5.41, 5.74) is -0.625. The zero-order valence-corrected chi connectivity index (χ0v) is 11.7. The second kappa shape index (κ2) is 5.66. The van der Waals surface area contributed by atoms with Gasteiger partial charge in [-0.1, -0.05) is 0 Å². The van der Waals surface area contributed by atoms with E-state index in [1.165, 1.54) is 33.7 Å². The average Bonchev–Trinajstić information content (AvgIpc) is 2.48. The van der Waals surface area contributed by atoms with Crippen LogP contribution in [0.15, 0.2) is 22.9 Å². The molecule has 1 N–H and O–H groups in total. The van der Waals surface area contributed by atoms with Crippen molar-refractivity contribution in [2.24, 2.45) is 0 Å². The van der Waals surface area contributed by atoms with Gasteiger partial charge in [0.25, 0.3) is 5.56 Å². The Bertz CT molecular complexity index is 726. The minimum Gasteiger partial charge on any atom is -0.504 e. The minimum atomic E-state index is -0.579. The Balaban J connectivity index is 2.77. The van der Waals surface area contributed by atoms with Crippen molar-refractivity contribution in [2.75, 3.05) is 21.3 Å². The van der Waals surface area contributed by atoms with Crippen molar-refractivity contribution in [3.63, 3.8) is 0 Å². The molecule has 110 valence electrons. The number of Topliss-reactive ketones (excluding diaryl/α,β-unsaturated/α-hetero) is 1. The van der Waals surface area contributed by atoms with E-state index in [-0.39, 0.29) is 28.3 Å². The summed E-state index contributed by atoms with van der Waals surface area (Å²) in [6.45, 7) is 0. The number of allylic oxidation sites excluding steroid dienone is 2. The van der Waals surface area contributed by atoms with Crippen molar-refractivity contribution < 1.29 is 23.8 Å². The predicted octanol–water partition coefficient (Wildman–Crippen LogP) is 0.910. The molecule has 0 bridgehead atoms. The molecule has 2 rings (SSSR count). The van der Waals surface area contributed by atoms with Gasteiger partial charge in [0.2, 0.25) is 5.78 Å². The predicted molar refractivity (Wildman–Crippen MR) is 73.4 cm³/mol. The molecule has 7 nitrogen and oxygen atoms in total. The lowest BCUT2D eigenvalue weighted by molar-refractivity contribution is 0.0909. The van der Waals surface area contributed by atoms with E-state index in [1.54, 1.807) is 0 Å². The van der Waals surface area contributed by atoms with Crippen LogP contribution < -0.4 is 10.3 Å². The van der Waals surface area contributed by atoms with Gasteiger partial charge in [0, 0.05) is 6.08 Å². The fourth-order valence-corrected chi connectivity index (χ4v) is 2.03. The van der Waals surface area contributed by atoms with E-state index in [0.717, 1.165) is 6.08 Å². The highest BCUT2D eigenvalue weighted by molar-refractivity contribution is 6.24. The van der Waals surface area contributed by atoms with Crippen LogP contribution in [0.25, 0.3) is 6.08 Å². The summed E-state index contributed by atoms with van der Waals surface area (Å²) in [4.78, 5) is 38.7. The van der Waals surface area contributed by atoms with Gasteiger partial charge in [-0.05, 0) is 6.08 Å². The zero-order chi connectivity index (χ0) is 15.6. The van der Waals surface area contributed by atoms with Crippen molar-refractivity contribution in [1.82, 2.24) is 4.98 Å². The first kappa shape index (κ1) is 14.6. The molecule has 1 aromatic heterocycles. The number of hydrogen-bond donors (Lipinski definition) is 1. The number of carbonyl (C=O) groups is 2. The van der Waals surface area contributed by atoms with Gasteiger partial charge in [-0.2, -0.15) is 0 Å². The SMILES string of the molecule is CO/C=C/c1c(OC)c2c([nH]c1=O)C(=O)C(OC)=CC2=O. The summed E-state index contributed by atoms with van der Waals surface area (Å²) in [5.74, 6) is -1.18. The third-order valence-corrected chi connectivity index (χ3v) is 2.96. The van der Waals surface area contributed by atoms with Gasteiger partial charge >= 0.3 is 0 Å². The monoisotopic (exact) mass is 291 g/mol. The second-order valence-electron chi connectivity index (χ2n) is 4.10. The molecule has 0 aromatic carbocycles. The lowest BCUT2D eigenvalue weighted by atomic mass is 9.95. The van der Waals surface area contributed by atoms with Crippen LogP contribution in [-0.2, 0) is 9.47 Å². The Morgan fingerprint density at radius 3 is 2.38 bits per heavy atom. The topological polar surface area (TPSA) is 94.7 Å². The molecule has 7 heteroatoms. The number of nitrogens with one attached hydrogen (secondary N) is 1. The van der Waals surface area contributed by atoms with E-state index in [0.29, 0.717) is 0 Å². The Morgan fingerprint density at radius 1 is 1.10 bits per heavy atom. The van der Waals surface area contributed by atoms with Crippen LogP contribution in [0.1, 0.15) is 26.4 Å². The first-order valence-corrected chi connectivity index (χ1v) is 5.93. The van der Waals surface area contributed by atoms with Gasteiger partial charge < -0.3 is 19.2 Å². The molecule has 1 aliphatic rings. The smallest absolute Gasteiger partial charge is 0.259 e. The van der Waals surface area contributed by atoms with Crippen LogP contribution in [0, 0.1) is 0 Å². The number of rotatable bonds is 4. The van der Waals surface area contributed by atoms with Crippen LogP contribution in [0.3, 0.4) is 0 Å². The van der Waals surface area contributed by atoms with E-state index >= 15 is 0 Å². The number of ether oxygens (including phenoxy) is 3. The van der Waals surface area contributed by atoms with Crippen LogP contribution in [0.4, 0.5) is 0 Å². The Hall–Kier alpha value is -2.83. The summed E-state index contributed by atoms with van der Waals surface area (Å²) in [6.07, 6.45) is 3.69. The lowest BCUT2D eigenvalue weighted by Gasteiger charge is -2.17. The molecule has 0 saturated carbocycles. The standard InChI is InChI=1S/C14H13NO6/c1-19-5-4-7-13(21-3)10-8(16)6-9(20-2)12(17)11(10)15-14(7)18/h4-6H,1-3H3,(H,15,18)/b5-4+. The number of pyridine rings is 1. The van der Waals surface area contributed by atoms with Crippen molar-refractivity contribution in [3.05, 3.63) is 45.3 Å². The molecule has 0 fully saturated rings. The van der Waals surface area contributed by atoms with Crippen molar-refractivity contribution >= 4 is 17.6 Å². The molecule has 1 aromatic rings. The number of hydrogen-bond acceptors (Lipinski definition) is 6. The second-order valence-corrected chi connectivity index (χ2v) is 4.10. The maximum atomic E-state index is 12.2. The van der Waals surface area contributed by atoms with Crippen molar-refractivity contribution in [1.29, 1.82) is 0 Å². The van der Waals surface area contributed by atoms with Crippen LogP contribution in [-0.4, -0.2) is 37.9 Å². The van der Waals surface area contributed by atoms with Crippen LogP contribution >= 0.6 is 0 Å². The number of methoxy groups -OCH3 is 3. The minimum absolute atomic E-state index is 0.00125. The number of H-pyrrole nitrogens is 1. The van der Waals surface area contributed by atoms with E-state index < -0.39 is 17.1 Å². The number of ketones is 2. The first-order chi connectivity index (χ1) is 10.0. The summed E-state index contributed by atoms with van der Waals surface area (Å²) in [7, 11) is 4.00. The third kappa shape index (κ3) is 2.33. The normalized spacial score (nSPS) is 14.0. The molecule has 1 heterocycles. The van der Waals surface area contributed by atoms with Crippen molar-refractivity contribution in [2.45, 2.75) is 0 Å². The zero-order valence-electron chi connectivity index (χ0n) is 11.7. The summed E-state index contributed by atoms with van der Waals surface area (Å²) in [5, 5.41) is 0. The first-order valence-electron chi connectivity index (χ1n) is 5.93. The van der Waals surface area contributed by atoms with Gasteiger partial charge in [0.05, 0.1) is 38.7 Å². The lowest BCUT2D eigenvalue weighted by Crippen LogP contribution is -2.26. The summed E-state index contributed by atoms with van der Waals surface area (Å²) >= 11 is 0. The highest BCUT2D eigenvalue weighted by Crippen LogP contribution is 2.30. The number of carbonyl (C=O) groups excluding carboxylic acids is 2. The number of aromatic nitrogens is 1. The van der Waals surface area contributed by atoms with E-state index in [9.17, 15) is 14.4 Å². The molecule has 0 unspecified atom stereocenters. The molecule has 0 radical (unpaired) electrons. The van der Waals surface area contributed by atoms with Gasteiger partial charge in [-0.15, -0.1) is 0 Å². The van der Waals surface area contributed by atoms with Gasteiger partial charge in [-0.25, -0.2) is 0 Å². The number of fused-ring (bicyclic) bond motifs is 1. The molecule has 0 amide bonds. The molecule has 0 aliphatic heterocycles. The fourth-order valence-electron chi connectivity index (χ4n) is 2.03. The quantitative estimate of drug-likeness (QED) is 0.828. The Labute approximate surface area is 119 Å². The van der Waals surface area contributed by atoms with E-state index in [2.05, 4.69) is 4.98 Å². The van der Waals surface area contributed by atoms with Gasteiger partial charge in [-0.3, -0.25) is 14.4 Å². The highest BCUT2D eigenvalue weighted by Gasteiger charge is 2.32. The maximum absolute atomic E-state index is 12.2. The van der Waals surface area contributed by atoms with Crippen LogP contribution in [0.5, 0.6) is 5.75 Å². The molecular weight excluding hydrogens is 278 g/mol. The van der Waals surface area contributed by atoms with Crippen LogP contribution in [0.2, 0.25) is 0 Å². The Kier molecular flexibility index (Phi) is 3.93. The molecule has 21 heavy (non-hydrogen) atoms. The van der Waals surface area contributed by atoms with Crippen molar-refractivity contribution in [3.8, 4) is 5.75 Å². The molecular formula is C14H13NO6. The van der Waals surface area contributed by atoms with Gasteiger partial charge in [0.15, 0.2) is 11.5 Å². The fraction of sp³-hybridized carbons (Fsp3) is 0.214. The molecule has 0 spiro atoms. The van der Waals surface area contributed by atoms with Gasteiger partial charge in [0.1, 0.15) is 11.4 Å². The maximum Gasteiger partial charge on any atom is 0.259 e.